The first kappa shape index (κ1) is 17.2. The van der Waals surface area contributed by atoms with Crippen LogP contribution in [0.1, 0.15) is 26.5 Å². The van der Waals surface area contributed by atoms with Gasteiger partial charge in [-0.2, -0.15) is 0 Å². The summed E-state index contributed by atoms with van der Waals surface area (Å²) in [6.45, 7) is -0.0820. The van der Waals surface area contributed by atoms with Gasteiger partial charge in [0.05, 0.1) is 24.0 Å². The van der Waals surface area contributed by atoms with Crippen LogP contribution in [0.3, 0.4) is 0 Å². The average Bonchev–Trinajstić information content (AvgIpc) is 3.12. The topological polar surface area (TPSA) is 84.2 Å². The summed E-state index contributed by atoms with van der Waals surface area (Å²) in [7, 11) is 0. The fourth-order valence-electron chi connectivity index (χ4n) is 2.63. The van der Waals surface area contributed by atoms with Crippen LogP contribution >= 0.6 is 11.8 Å². The van der Waals surface area contributed by atoms with Gasteiger partial charge in [0, 0.05) is 9.79 Å². The summed E-state index contributed by atoms with van der Waals surface area (Å²) in [5.41, 5.74) is -0.664. The van der Waals surface area contributed by atoms with Crippen LogP contribution in [0, 0.1) is 11.6 Å². The first-order chi connectivity index (χ1) is 13.0. The van der Waals surface area contributed by atoms with Gasteiger partial charge in [-0.1, -0.05) is 23.9 Å². The Morgan fingerprint density at radius 3 is 2.85 bits per heavy atom. The number of halogens is 2. The zero-order valence-corrected chi connectivity index (χ0v) is 14.4. The van der Waals surface area contributed by atoms with Crippen molar-refractivity contribution in [2.24, 2.45) is 0 Å². The van der Waals surface area contributed by atoms with Crippen molar-refractivity contribution in [2.45, 2.75) is 16.3 Å². The number of aromatic nitrogens is 1. The summed E-state index contributed by atoms with van der Waals surface area (Å²) in [4.78, 5) is 29.1. The molecule has 0 saturated carbocycles. The average molecular weight is 387 g/mol. The number of carbonyl (C=O) groups excluding carboxylic acids is 2. The first-order valence-corrected chi connectivity index (χ1v) is 8.62. The van der Waals surface area contributed by atoms with Crippen LogP contribution in [0.2, 0.25) is 0 Å². The molecule has 1 aliphatic heterocycles. The Hall–Kier alpha value is -3.20. The van der Waals surface area contributed by atoms with Crippen molar-refractivity contribution in [3.8, 4) is 0 Å². The molecular weight excluding hydrogens is 376 g/mol. The lowest BCUT2D eigenvalue weighted by atomic mass is 10.1. The number of oxazole rings is 1. The molecule has 2 heterocycles. The number of nitrogens with zero attached hydrogens (tertiary/aromatic N) is 1. The van der Waals surface area contributed by atoms with Gasteiger partial charge in [0.25, 0.3) is 11.8 Å². The van der Waals surface area contributed by atoms with E-state index in [4.69, 9.17) is 4.42 Å². The third kappa shape index (κ3) is 3.17. The highest BCUT2D eigenvalue weighted by molar-refractivity contribution is 7.99. The lowest BCUT2D eigenvalue weighted by Gasteiger charge is -2.12. The molecule has 0 bridgehead atoms. The lowest BCUT2D eigenvalue weighted by molar-refractivity contribution is 0.0937. The Morgan fingerprint density at radius 2 is 2.07 bits per heavy atom. The molecule has 9 heteroatoms. The molecule has 0 radical (unpaired) electrons. The van der Waals surface area contributed by atoms with Gasteiger partial charge >= 0.3 is 0 Å². The van der Waals surface area contributed by atoms with E-state index in [1.165, 1.54) is 12.6 Å². The van der Waals surface area contributed by atoms with Gasteiger partial charge in [-0.3, -0.25) is 9.59 Å². The van der Waals surface area contributed by atoms with Crippen LogP contribution in [-0.2, 0) is 6.54 Å². The van der Waals surface area contributed by atoms with Gasteiger partial charge in [-0.15, -0.1) is 0 Å². The minimum Gasteiger partial charge on any atom is -0.447 e. The summed E-state index contributed by atoms with van der Waals surface area (Å²) in [5, 5.41) is 4.79. The normalized spacial score (nSPS) is 12.6. The van der Waals surface area contributed by atoms with Crippen LogP contribution in [-0.4, -0.2) is 16.8 Å². The van der Waals surface area contributed by atoms with Gasteiger partial charge in [0.2, 0.25) is 0 Å². The smallest absolute Gasteiger partial charge is 0.257 e. The van der Waals surface area contributed by atoms with E-state index in [2.05, 4.69) is 15.6 Å². The second-order valence-electron chi connectivity index (χ2n) is 5.62. The van der Waals surface area contributed by atoms with Crippen LogP contribution in [0.5, 0.6) is 0 Å². The summed E-state index contributed by atoms with van der Waals surface area (Å²) < 4.78 is 34.4. The molecule has 136 valence electrons. The predicted octanol–water partition coefficient (Wildman–Crippen LogP) is 3.60. The van der Waals surface area contributed by atoms with Crippen molar-refractivity contribution in [2.75, 3.05) is 5.32 Å². The van der Waals surface area contributed by atoms with E-state index in [1.807, 2.05) is 0 Å². The van der Waals surface area contributed by atoms with Crippen molar-refractivity contribution in [3.05, 3.63) is 71.4 Å². The number of amides is 2. The summed E-state index contributed by atoms with van der Waals surface area (Å²) in [5.74, 6) is -3.32. The standard InChI is InChI=1S/C18H11F2N3O3S/c19-11-5-13-16(23-17(24)10-3-1-2-4-12(10)27-13)15(20)14(11)18(25)22-7-9-6-21-8-26-9/h1-6,8H,7H2,(H,22,25)(H,23,24). The Morgan fingerprint density at radius 1 is 1.26 bits per heavy atom. The second-order valence-corrected chi connectivity index (χ2v) is 6.71. The Bertz CT molecular complexity index is 1050. The molecule has 0 unspecified atom stereocenters. The molecular formula is C18H11F2N3O3S. The minimum absolute atomic E-state index is 0.0820. The maximum absolute atomic E-state index is 14.9. The molecule has 27 heavy (non-hydrogen) atoms. The van der Waals surface area contributed by atoms with Crippen molar-refractivity contribution in [1.29, 1.82) is 0 Å². The van der Waals surface area contributed by atoms with Crippen molar-refractivity contribution >= 4 is 29.3 Å². The highest BCUT2D eigenvalue weighted by Gasteiger charge is 2.28. The molecule has 0 saturated heterocycles. The van der Waals surface area contributed by atoms with E-state index in [9.17, 15) is 18.4 Å². The largest absolute Gasteiger partial charge is 0.447 e. The number of hydrogen-bond donors (Lipinski definition) is 2. The molecule has 6 nitrogen and oxygen atoms in total. The highest BCUT2D eigenvalue weighted by atomic mass is 32.2. The molecule has 0 fully saturated rings. The molecule has 2 aromatic carbocycles. The third-order valence-electron chi connectivity index (χ3n) is 3.91. The molecule has 2 N–H and O–H groups in total. The van der Waals surface area contributed by atoms with E-state index in [0.29, 0.717) is 16.2 Å². The van der Waals surface area contributed by atoms with Crippen LogP contribution < -0.4 is 10.6 Å². The third-order valence-corrected chi connectivity index (χ3v) is 5.02. The first-order valence-electron chi connectivity index (χ1n) is 7.80. The zero-order valence-electron chi connectivity index (χ0n) is 13.6. The minimum atomic E-state index is -1.13. The maximum atomic E-state index is 14.9. The zero-order chi connectivity index (χ0) is 19.0. The lowest BCUT2D eigenvalue weighted by Crippen LogP contribution is -2.26. The molecule has 0 spiro atoms. The van der Waals surface area contributed by atoms with Crippen molar-refractivity contribution in [1.82, 2.24) is 10.3 Å². The molecule has 1 aromatic heterocycles. The second kappa shape index (κ2) is 6.84. The van der Waals surface area contributed by atoms with Gasteiger partial charge in [-0.25, -0.2) is 13.8 Å². The maximum Gasteiger partial charge on any atom is 0.257 e. The summed E-state index contributed by atoms with van der Waals surface area (Å²) >= 11 is 1.05. The number of benzene rings is 2. The molecule has 2 amide bonds. The fraction of sp³-hybridized carbons (Fsp3) is 0.0556. The molecule has 3 aromatic rings. The van der Waals surface area contributed by atoms with Crippen LogP contribution in [0.25, 0.3) is 0 Å². The number of fused-ring (bicyclic) bond motifs is 2. The number of anilines is 1. The quantitative estimate of drug-likeness (QED) is 0.717. The number of hydrogen-bond acceptors (Lipinski definition) is 5. The highest BCUT2D eigenvalue weighted by Crippen LogP contribution is 2.41. The Balaban J connectivity index is 1.69. The van der Waals surface area contributed by atoms with E-state index in [1.54, 1.807) is 24.3 Å². The van der Waals surface area contributed by atoms with E-state index in [0.717, 1.165) is 17.8 Å². The van der Waals surface area contributed by atoms with Gasteiger partial charge in [0.15, 0.2) is 12.2 Å². The predicted molar refractivity (Wildman–Crippen MR) is 92.5 cm³/mol. The molecule has 0 aliphatic carbocycles. The van der Waals surface area contributed by atoms with E-state index < -0.39 is 29.0 Å². The van der Waals surface area contributed by atoms with Crippen molar-refractivity contribution in [3.63, 3.8) is 0 Å². The van der Waals surface area contributed by atoms with Crippen LogP contribution in [0.4, 0.5) is 14.5 Å². The SMILES string of the molecule is O=C1Nc2c(cc(F)c(C(=O)NCc3cnco3)c2F)Sc2ccccc21. The fourth-order valence-corrected chi connectivity index (χ4v) is 3.69. The Labute approximate surface area is 156 Å². The Kier molecular flexibility index (Phi) is 4.36. The monoisotopic (exact) mass is 387 g/mol. The van der Waals surface area contributed by atoms with E-state index >= 15 is 0 Å². The van der Waals surface area contributed by atoms with Gasteiger partial charge < -0.3 is 15.1 Å². The molecule has 4 rings (SSSR count). The van der Waals surface area contributed by atoms with Crippen molar-refractivity contribution < 1.29 is 22.8 Å². The molecule has 0 atom stereocenters. The van der Waals surface area contributed by atoms with Gasteiger partial charge in [-0.05, 0) is 18.2 Å². The van der Waals surface area contributed by atoms with Gasteiger partial charge in [0.1, 0.15) is 17.1 Å². The molecule has 1 aliphatic rings. The number of carbonyl (C=O) groups is 2. The number of rotatable bonds is 3. The van der Waals surface area contributed by atoms with Crippen LogP contribution in [0.15, 0.2) is 57.1 Å². The summed E-state index contributed by atoms with van der Waals surface area (Å²) in [6.07, 6.45) is 2.55. The van der Waals surface area contributed by atoms with E-state index in [-0.39, 0.29) is 17.1 Å². The summed E-state index contributed by atoms with van der Waals surface area (Å²) in [6, 6.07) is 7.70. The number of nitrogens with one attached hydrogen (secondary N) is 2.